The Bertz CT molecular complexity index is 386. The minimum absolute atomic E-state index is 0.696. The Labute approximate surface area is 123 Å². The molecule has 114 valence electrons. The van der Waals surface area contributed by atoms with Crippen LogP contribution in [0.15, 0.2) is 16.7 Å². The number of likely N-dealkylation sites (tertiary alicyclic amines) is 1. The molecule has 0 spiro atoms. The Morgan fingerprint density at radius 1 is 1.45 bits per heavy atom. The summed E-state index contributed by atoms with van der Waals surface area (Å²) in [5.74, 6) is 2.71. The van der Waals surface area contributed by atoms with Gasteiger partial charge in [0, 0.05) is 18.7 Å². The van der Waals surface area contributed by atoms with E-state index in [1.165, 1.54) is 37.9 Å². The van der Waals surface area contributed by atoms with Gasteiger partial charge in [0.05, 0.1) is 12.8 Å². The highest BCUT2D eigenvalue weighted by Crippen LogP contribution is 2.23. The second-order valence-electron chi connectivity index (χ2n) is 6.62. The number of hydrogen-bond donors (Lipinski definition) is 1. The lowest BCUT2D eigenvalue weighted by Gasteiger charge is -2.13. The zero-order chi connectivity index (χ0) is 14.4. The van der Waals surface area contributed by atoms with Gasteiger partial charge in [0.25, 0.3) is 0 Å². The Kier molecular flexibility index (Phi) is 6.11. The molecule has 20 heavy (non-hydrogen) atoms. The van der Waals surface area contributed by atoms with E-state index in [-0.39, 0.29) is 0 Å². The van der Waals surface area contributed by atoms with Crippen LogP contribution in [-0.4, -0.2) is 24.5 Å². The highest BCUT2D eigenvalue weighted by molar-refractivity contribution is 5.12. The molecular formula is C17H30N2O. The third-order valence-corrected chi connectivity index (χ3v) is 4.04. The number of nitrogens with one attached hydrogen (secondary N) is 1. The van der Waals surface area contributed by atoms with Crippen molar-refractivity contribution in [2.24, 2.45) is 11.8 Å². The van der Waals surface area contributed by atoms with Crippen LogP contribution in [-0.2, 0) is 13.1 Å². The molecule has 1 unspecified atom stereocenters. The molecule has 0 amide bonds. The molecule has 1 aliphatic rings. The summed E-state index contributed by atoms with van der Waals surface area (Å²) in [6, 6.07) is 2.21. The number of hydrogen-bond acceptors (Lipinski definition) is 3. The molecule has 2 rings (SSSR count). The first-order chi connectivity index (χ1) is 9.67. The van der Waals surface area contributed by atoms with E-state index in [1.54, 1.807) is 0 Å². The predicted molar refractivity (Wildman–Crippen MR) is 83.5 cm³/mol. The summed E-state index contributed by atoms with van der Waals surface area (Å²) >= 11 is 0. The monoisotopic (exact) mass is 278 g/mol. The molecule has 1 atom stereocenters. The molecule has 0 saturated carbocycles. The molecule has 1 aromatic heterocycles. The maximum Gasteiger partial charge on any atom is 0.118 e. The van der Waals surface area contributed by atoms with Crippen LogP contribution in [0.1, 0.15) is 51.4 Å². The quantitative estimate of drug-likeness (QED) is 0.787. The maximum absolute atomic E-state index is 5.70. The van der Waals surface area contributed by atoms with Crippen LogP contribution >= 0.6 is 0 Å². The minimum Gasteiger partial charge on any atom is -0.468 e. The lowest BCUT2D eigenvalue weighted by Crippen LogP contribution is -2.20. The van der Waals surface area contributed by atoms with Gasteiger partial charge in [-0.15, -0.1) is 0 Å². The van der Waals surface area contributed by atoms with Gasteiger partial charge in [0.1, 0.15) is 5.76 Å². The topological polar surface area (TPSA) is 28.4 Å². The molecule has 3 nitrogen and oxygen atoms in total. The van der Waals surface area contributed by atoms with Crippen molar-refractivity contribution in [1.82, 2.24) is 10.2 Å². The molecule has 3 heteroatoms. The lowest BCUT2D eigenvalue weighted by molar-refractivity contribution is 0.284. The normalized spacial score (nSPS) is 20.1. The molecule has 0 radical (unpaired) electrons. The number of furan rings is 1. The van der Waals surface area contributed by atoms with Crippen LogP contribution in [0.3, 0.4) is 0 Å². The van der Waals surface area contributed by atoms with Crippen molar-refractivity contribution >= 4 is 0 Å². The van der Waals surface area contributed by atoms with Crippen LogP contribution in [0.25, 0.3) is 0 Å². The Morgan fingerprint density at radius 3 is 3.05 bits per heavy atom. The zero-order valence-electron chi connectivity index (χ0n) is 13.3. The Hall–Kier alpha value is -0.800. The average molecular weight is 278 g/mol. The van der Waals surface area contributed by atoms with E-state index in [1.807, 2.05) is 6.26 Å². The Morgan fingerprint density at radius 2 is 2.30 bits per heavy atom. The zero-order valence-corrected chi connectivity index (χ0v) is 13.3. The highest BCUT2D eigenvalue weighted by Gasteiger charge is 2.22. The molecule has 0 aliphatic carbocycles. The SMILES string of the molecule is CCCC1CCN(Cc2cc(CNCC(C)C)co2)C1. The van der Waals surface area contributed by atoms with Crippen LogP contribution in [0.4, 0.5) is 0 Å². The van der Waals surface area contributed by atoms with Gasteiger partial charge in [-0.25, -0.2) is 0 Å². The number of nitrogens with zero attached hydrogens (tertiary/aromatic N) is 1. The third-order valence-electron chi connectivity index (χ3n) is 4.04. The average Bonchev–Trinajstić information content (AvgIpc) is 3.00. The van der Waals surface area contributed by atoms with E-state index in [2.05, 4.69) is 37.1 Å². The molecule has 2 heterocycles. The molecule has 0 aromatic carbocycles. The first-order valence-corrected chi connectivity index (χ1v) is 8.16. The van der Waals surface area contributed by atoms with Crippen molar-refractivity contribution in [3.05, 3.63) is 23.7 Å². The van der Waals surface area contributed by atoms with Crippen LogP contribution in [0.5, 0.6) is 0 Å². The molecule has 0 bridgehead atoms. The molecular weight excluding hydrogens is 248 g/mol. The summed E-state index contributed by atoms with van der Waals surface area (Å²) < 4.78 is 5.70. The fraction of sp³-hybridized carbons (Fsp3) is 0.765. The molecule has 1 fully saturated rings. The van der Waals surface area contributed by atoms with Crippen molar-refractivity contribution < 1.29 is 4.42 Å². The summed E-state index contributed by atoms with van der Waals surface area (Å²) in [6.07, 6.45) is 5.95. The van der Waals surface area contributed by atoms with Gasteiger partial charge in [0.2, 0.25) is 0 Å². The fourth-order valence-electron chi connectivity index (χ4n) is 3.03. The van der Waals surface area contributed by atoms with Crippen molar-refractivity contribution in [3.63, 3.8) is 0 Å². The lowest BCUT2D eigenvalue weighted by atomic mass is 10.0. The first-order valence-electron chi connectivity index (χ1n) is 8.16. The van der Waals surface area contributed by atoms with E-state index in [0.717, 1.165) is 31.3 Å². The van der Waals surface area contributed by atoms with E-state index in [4.69, 9.17) is 4.42 Å². The van der Waals surface area contributed by atoms with Crippen molar-refractivity contribution in [2.45, 2.75) is 53.1 Å². The summed E-state index contributed by atoms with van der Waals surface area (Å²) in [5.41, 5.74) is 1.27. The summed E-state index contributed by atoms with van der Waals surface area (Å²) in [5, 5.41) is 3.46. The first kappa shape index (κ1) is 15.6. The van der Waals surface area contributed by atoms with E-state index >= 15 is 0 Å². The molecule has 1 aromatic rings. The van der Waals surface area contributed by atoms with E-state index in [0.29, 0.717) is 5.92 Å². The summed E-state index contributed by atoms with van der Waals surface area (Å²) in [4.78, 5) is 2.53. The summed E-state index contributed by atoms with van der Waals surface area (Å²) in [7, 11) is 0. The largest absolute Gasteiger partial charge is 0.468 e. The van der Waals surface area contributed by atoms with Gasteiger partial charge < -0.3 is 9.73 Å². The maximum atomic E-state index is 5.70. The molecule has 1 aliphatic heterocycles. The van der Waals surface area contributed by atoms with Gasteiger partial charge in [-0.3, -0.25) is 4.90 Å². The second kappa shape index (κ2) is 7.84. The van der Waals surface area contributed by atoms with E-state index < -0.39 is 0 Å². The Balaban J connectivity index is 1.73. The highest BCUT2D eigenvalue weighted by atomic mass is 16.3. The summed E-state index contributed by atoms with van der Waals surface area (Å²) in [6.45, 7) is 12.2. The predicted octanol–water partition coefficient (Wildman–Crippen LogP) is 3.65. The smallest absolute Gasteiger partial charge is 0.118 e. The van der Waals surface area contributed by atoms with Crippen LogP contribution in [0, 0.1) is 11.8 Å². The third kappa shape index (κ3) is 4.95. The van der Waals surface area contributed by atoms with Crippen molar-refractivity contribution in [3.8, 4) is 0 Å². The minimum atomic E-state index is 0.696. The van der Waals surface area contributed by atoms with Crippen molar-refractivity contribution in [1.29, 1.82) is 0 Å². The standard InChI is InChI=1S/C17H30N2O/c1-4-5-15-6-7-19(11-15)12-17-8-16(13-20-17)10-18-9-14(2)3/h8,13-15,18H,4-7,9-12H2,1-3H3. The van der Waals surface area contributed by atoms with Gasteiger partial charge in [-0.2, -0.15) is 0 Å². The van der Waals surface area contributed by atoms with Crippen molar-refractivity contribution in [2.75, 3.05) is 19.6 Å². The second-order valence-corrected chi connectivity index (χ2v) is 6.62. The molecule has 1 N–H and O–H groups in total. The van der Waals surface area contributed by atoms with Crippen LogP contribution in [0.2, 0.25) is 0 Å². The number of rotatable bonds is 8. The van der Waals surface area contributed by atoms with Gasteiger partial charge in [-0.05, 0) is 43.8 Å². The molecule has 1 saturated heterocycles. The van der Waals surface area contributed by atoms with E-state index in [9.17, 15) is 0 Å². The fourth-order valence-corrected chi connectivity index (χ4v) is 3.03. The van der Waals surface area contributed by atoms with Gasteiger partial charge in [-0.1, -0.05) is 27.2 Å². The van der Waals surface area contributed by atoms with Crippen LogP contribution < -0.4 is 5.32 Å². The van der Waals surface area contributed by atoms with Gasteiger partial charge in [0.15, 0.2) is 0 Å². The van der Waals surface area contributed by atoms with Gasteiger partial charge >= 0.3 is 0 Å².